The molecule has 0 heterocycles. The van der Waals surface area contributed by atoms with Gasteiger partial charge in [-0.3, -0.25) is 0 Å². The van der Waals surface area contributed by atoms with Crippen molar-refractivity contribution in [2.75, 3.05) is 0 Å². The van der Waals surface area contributed by atoms with Crippen molar-refractivity contribution in [3.63, 3.8) is 0 Å². The van der Waals surface area contributed by atoms with Gasteiger partial charge < -0.3 is 0 Å². The van der Waals surface area contributed by atoms with Gasteiger partial charge in [0.25, 0.3) is 0 Å². The maximum Gasteiger partial charge on any atom is 0.0407 e. The summed E-state index contributed by atoms with van der Waals surface area (Å²) in [5.41, 5.74) is 12.5. The van der Waals surface area contributed by atoms with Crippen LogP contribution in [0.1, 0.15) is 16.7 Å². The second kappa shape index (κ2) is 3.28. The molecule has 3 nitrogen and oxygen atoms in total. The first-order valence-corrected chi connectivity index (χ1v) is 3.78. The molecule has 0 saturated carbocycles. The lowest BCUT2D eigenvalue weighted by Gasteiger charge is -2.05. The number of aryl methyl sites for hydroxylation is 1. The van der Waals surface area contributed by atoms with E-state index in [-0.39, 0.29) is 0 Å². The quantitative estimate of drug-likeness (QED) is 0.343. The van der Waals surface area contributed by atoms with Gasteiger partial charge in [0.1, 0.15) is 0 Å². The number of hydrogen-bond donors (Lipinski definition) is 0. The van der Waals surface area contributed by atoms with Crippen LogP contribution in [0.2, 0.25) is 0 Å². The Morgan fingerprint density at radius 1 is 1.17 bits per heavy atom. The van der Waals surface area contributed by atoms with E-state index in [9.17, 15) is 0 Å². The van der Waals surface area contributed by atoms with Crippen LogP contribution < -0.4 is 0 Å². The van der Waals surface area contributed by atoms with Crippen molar-refractivity contribution in [1.82, 2.24) is 0 Å². The molecule has 0 aliphatic heterocycles. The summed E-state index contributed by atoms with van der Waals surface area (Å²) < 4.78 is 0. The van der Waals surface area contributed by atoms with Crippen molar-refractivity contribution in [1.29, 1.82) is 0 Å². The molecule has 3 heteroatoms. The third kappa shape index (κ3) is 1.41. The molecule has 0 aliphatic carbocycles. The van der Waals surface area contributed by atoms with Crippen LogP contribution in [-0.4, -0.2) is 0 Å². The fraction of sp³-hybridized carbons (Fsp3) is 0.333. The summed E-state index contributed by atoms with van der Waals surface area (Å²) in [7, 11) is 0. The molecule has 0 aliphatic rings. The molecule has 0 saturated heterocycles. The Morgan fingerprint density at radius 3 is 2.42 bits per heavy atom. The fourth-order valence-corrected chi connectivity index (χ4v) is 1.10. The average Bonchev–Trinajstić information content (AvgIpc) is 2.07. The second-order valence-corrected chi connectivity index (χ2v) is 2.84. The summed E-state index contributed by atoms with van der Waals surface area (Å²) >= 11 is 0. The van der Waals surface area contributed by atoms with Crippen LogP contribution in [0.4, 0.5) is 5.69 Å². The first-order valence-electron chi connectivity index (χ1n) is 3.78. The van der Waals surface area contributed by atoms with Gasteiger partial charge in [-0.1, -0.05) is 17.2 Å². The van der Waals surface area contributed by atoms with Gasteiger partial charge in [0.15, 0.2) is 0 Å². The number of rotatable bonds is 1. The van der Waals surface area contributed by atoms with Crippen LogP contribution >= 0.6 is 0 Å². The van der Waals surface area contributed by atoms with Gasteiger partial charge in [0.05, 0.1) is 0 Å². The maximum atomic E-state index is 8.26. The third-order valence-corrected chi connectivity index (χ3v) is 2.18. The van der Waals surface area contributed by atoms with Gasteiger partial charge >= 0.3 is 0 Å². The van der Waals surface area contributed by atoms with Gasteiger partial charge in [-0.25, -0.2) is 0 Å². The summed E-state index contributed by atoms with van der Waals surface area (Å²) in [5.74, 6) is 0. The molecule has 62 valence electrons. The van der Waals surface area contributed by atoms with Crippen molar-refractivity contribution < 1.29 is 0 Å². The molecule has 0 radical (unpaired) electrons. The van der Waals surface area contributed by atoms with Crippen molar-refractivity contribution in [3.8, 4) is 0 Å². The Balaban J connectivity index is 3.35. The lowest BCUT2D eigenvalue weighted by atomic mass is 10.0. The Morgan fingerprint density at radius 2 is 1.83 bits per heavy atom. The smallest absolute Gasteiger partial charge is 0.0407 e. The van der Waals surface area contributed by atoms with E-state index in [1.165, 1.54) is 11.1 Å². The molecule has 0 atom stereocenters. The Labute approximate surface area is 71.7 Å². The van der Waals surface area contributed by atoms with E-state index >= 15 is 0 Å². The van der Waals surface area contributed by atoms with E-state index in [2.05, 4.69) is 10.0 Å². The molecule has 1 aromatic carbocycles. The highest BCUT2D eigenvalue weighted by Gasteiger charge is 2.00. The van der Waals surface area contributed by atoms with Crippen LogP contribution in [0.3, 0.4) is 0 Å². The average molecular weight is 161 g/mol. The van der Waals surface area contributed by atoms with Gasteiger partial charge in [0.2, 0.25) is 0 Å². The highest BCUT2D eigenvalue weighted by atomic mass is 15.1. The lowest BCUT2D eigenvalue weighted by molar-refractivity contribution is 1.24. The summed E-state index contributed by atoms with van der Waals surface area (Å²) in [4.78, 5) is 2.76. The molecule has 0 N–H and O–H groups in total. The van der Waals surface area contributed by atoms with Crippen molar-refractivity contribution in [2.24, 2.45) is 5.11 Å². The minimum Gasteiger partial charge on any atom is -0.0605 e. The van der Waals surface area contributed by atoms with E-state index in [0.717, 1.165) is 11.3 Å². The monoisotopic (exact) mass is 161 g/mol. The SMILES string of the molecule is Cc1ccc(N=[N+]=[N-])c(C)c1C. The number of benzene rings is 1. The Bertz CT molecular complexity index is 349. The molecule has 0 spiro atoms. The van der Waals surface area contributed by atoms with Gasteiger partial charge in [-0.2, -0.15) is 0 Å². The van der Waals surface area contributed by atoms with Gasteiger partial charge in [-0.15, -0.1) is 0 Å². The molecular formula is C9H11N3. The number of nitrogens with zero attached hydrogens (tertiary/aromatic N) is 3. The predicted molar refractivity (Wildman–Crippen MR) is 49.5 cm³/mol. The fourth-order valence-electron chi connectivity index (χ4n) is 1.10. The first kappa shape index (κ1) is 8.62. The topological polar surface area (TPSA) is 48.8 Å². The zero-order chi connectivity index (χ0) is 9.14. The van der Waals surface area contributed by atoms with Crippen LogP contribution in [0.5, 0.6) is 0 Å². The van der Waals surface area contributed by atoms with Gasteiger partial charge in [0, 0.05) is 10.6 Å². The van der Waals surface area contributed by atoms with E-state index in [1.807, 2.05) is 32.9 Å². The second-order valence-electron chi connectivity index (χ2n) is 2.84. The molecule has 0 amide bonds. The first-order chi connectivity index (χ1) is 5.66. The minimum atomic E-state index is 0.723. The van der Waals surface area contributed by atoms with E-state index in [4.69, 9.17) is 5.53 Å². The van der Waals surface area contributed by atoms with Crippen molar-refractivity contribution >= 4 is 5.69 Å². The predicted octanol–water partition coefficient (Wildman–Crippen LogP) is 3.55. The summed E-state index contributed by atoms with van der Waals surface area (Å²) in [6, 6.07) is 3.81. The number of azide groups is 1. The van der Waals surface area contributed by atoms with Crippen LogP contribution in [0.25, 0.3) is 10.4 Å². The highest BCUT2D eigenvalue weighted by Crippen LogP contribution is 2.23. The van der Waals surface area contributed by atoms with Crippen LogP contribution in [-0.2, 0) is 0 Å². The maximum absolute atomic E-state index is 8.26. The lowest BCUT2D eigenvalue weighted by Crippen LogP contribution is -1.85. The van der Waals surface area contributed by atoms with Crippen molar-refractivity contribution in [3.05, 3.63) is 39.3 Å². The number of hydrogen-bond acceptors (Lipinski definition) is 1. The van der Waals surface area contributed by atoms with Crippen LogP contribution in [0, 0.1) is 20.8 Å². The third-order valence-electron chi connectivity index (χ3n) is 2.18. The van der Waals surface area contributed by atoms with Crippen molar-refractivity contribution in [2.45, 2.75) is 20.8 Å². The minimum absolute atomic E-state index is 0.723. The summed E-state index contributed by atoms with van der Waals surface area (Å²) in [6.07, 6.45) is 0. The standard InChI is InChI=1S/C9H11N3/c1-6-4-5-9(11-12-10)8(3)7(6)2/h4-5H,1-3H3. The van der Waals surface area contributed by atoms with E-state index in [1.54, 1.807) is 0 Å². The van der Waals surface area contributed by atoms with E-state index in [0.29, 0.717) is 0 Å². The molecule has 1 aromatic rings. The Hall–Kier alpha value is -1.47. The summed E-state index contributed by atoms with van der Waals surface area (Å²) in [5, 5.41) is 3.59. The molecule has 0 aromatic heterocycles. The molecule has 1 rings (SSSR count). The van der Waals surface area contributed by atoms with Crippen LogP contribution in [0.15, 0.2) is 17.2 Å². The van der Waals surface area contributed by atoms with Gasteiger partial charge in [-0.05, 0) is 43.0 Å². The molecule has 0 fully saturated rings. The zero-order valence-corrected chi connectivity index (χ0v) is 7.50. The Kier molecular flexibility index (Phi) is 2.36. The van der Waals surface area contributed by atoms with E-state index < -0.39 is 0 Å². The largest absolute Gasteiger partial charge is 0.0605 e. The molecule has 0 unspecified atom stereocenters. The molecule has 12 heavy (non-hydrogen) atoms. The normalized spacial score (nSPS) is 9.25. The molecular weight excluding hydrogens is 150 g/mol. The molecule has 0 bridgehead atoms. The highest BCUT2D eigenvalue weighted by molar-refractivity contribution is 5.51. The zero-order valence-electron chi connectivity index (χ0n) is 7.50. The summed E-state index contributed by atoms with van der Waals surface area (Å²) in [6.45, 7) is 6.04.